The summed E-state index contributed by atoms with van der Waals surface area (Å²) < 4.78 is 0. The third kappa shape index (κ3) is 3.27. The van der Waals surface area contributed by atoms with E-state index < -0.39 is 0 Å². The second kappa shape index (κ2) is 5.50. The van der Waals surface area contributed by atoms with Crippen molar-refractivity contribution in [1.29, 1.82) is 0 Å². The van der Waals surface area contributed by atoms with Crippen LogP contribution in [0.3, 0.4) is 0 Å². The molecule has 18 heavy (non-hydrogen) atoms. The van der Waals surface area contributed by atoms with Gasteiger partial charge in [-0.25, -0.2) is 0 Å². The molecule has 0 aliphatic heterocycles. The van der Waals surface area contributed by atoms with E-state index in [0.29, 0.717) is 17.5 Å². The highest BCUT2D eigenvalue weighted by Gasteiger charge is 2.35. The molecule has 106 valence electrons. The van der Waals surface area contributed by atoms with E-state index in [1.165, 1.54) is 44.9 Å². The summed E-state index contributed by atoms with van der Waals surface area (Å²) in [5.41, 5.74) is 6.93. The zero-order valence-electron chi connectivity index (χ0n) is 12.8. The standard InChI is InChI=1S/C16H32N2/c1-12-5-6-14(17)15(11-12)18(4)13-7-9-16(2,3)10-8-13/h12-15H,5-11,17H2,1-4H3. The van der Waals surface area contributed by atoms with E-state index in [2.05, 4.69) is 32.7 Å². The predicted molar refractivity (Wildman–Crippen MR) is 78.6 cm³/mol. The van der Waals surface area contributed by atoms with Gasteiger partial charge in [0.25, 0.3) is 0 Å². The van der Waals surface area contributed by atoms with Gasteiger partial charge in [0.1, 0.15) is 0 Å². The van der Waals surface area contributed by atoms with Crippen molar-refractivity contribution in [3.8, 4) is 0 Å². The Morgan fingerprint density at radius 3 is 2.28 bits per heavy atom. The van der Waals surface area contributed by atoms with Crippen molar-refractivity contribution in [3.05, 3.63) is 0 Å². The first-order valence-corrected chi connectivity index (χ1v) is 7.86. The maximum atomic E-state index is 6.36. The lowest BCUT2D eigenvalue weighted by Crippen LogP contribution is -2.53. The van der Waals surface area contributed by atoms with Gasteiger partial charge in [-0.1, -0.05) is 20.8 Å². The van der Waals surface area contributed by atoms with Gasteiger partial charge in [0, 0.05) is 18.1 Å². The molecule has 2 aliphatic rings. The fraction of sp³-hybridized carbons (Fsp3) is 1.00. The maximum Gasteiger partial charge on any atom is 0.0249 e. The summed E-state index contributed by atoms with van der Waals surface area (Å²) in [5, 5.41) is 0. The van der Waals surface area contributed by atoms with E-state index in [1.54, 1.807) is 0 Å². The quantitative estimate of drug-likeness (QED) is 0.816. The average molecular weight is 252 g/mol. The second-order valence-electron chi connectivity index (χ2n) is 7.71. The number of nitrogens with zero attached hydrogens (tertiary/aromatic N) is 1. The zero-order valence-corrected chi connectivity index (χ0v) is 12.8. The van der Waals surface area contributed by atoms with Crippen LogP contribution in [0.25, 0.3) is 0 Å². The molecule has 0 heterocycles. The van der Waals surface area contributed by atoms with Crippen LogP contribution in [0.15, 0.2) is 0 Å². The first-order chi connectivity index (χ1) is 8.39. The highest BCUT2D eigenvalue weighted by atomic mass is 15.2. The van der Waals surface area contributed by atoms with Gasteiger partial charge in [0.05, 0.1) is 0 Å². The number of nitrogens with two attached hydrogens (primary N) is 1. The third-order valence-electron chi connectivity index (χ3n) is 5.54. The lowest BCUT2D eigenvalue weighted by atomic mass is 9.74. The van der Waals surface area contributed by atoms with E-state index in [1.807, 2.05) is 0 Å². The maximum absolute atomic E-state index is 6.36. The monoisotopic (exact) mass is 252 g/mol. The molecule has 2 aliphatic carbocycles. The van der Waals surface area contributed by atoms with Crippen LogP contribution in [0, 0.1) is 11.3 Å². The Kier molecular flexibility index (Phi) is 4.38. The van der Waals surface area contributed by atoms with Crippen LogP contribution < -0.4 is 5.73 Å². The lowest BCUT2D eigenvalue weighted by molar-refractivity contribution is 0.0585. The molecule has 0 radical (unpaired) electrons. The number of rotatable bonds is 2. The van der Waals surface area contributed by atoms with Crippen molar-refractivity contribution in [3.63, 3.8) is 0 Å². The summed E-state index contributed by atoms with van der Waals surface area (Å²) in [6.45, 7) is 7.21. The molecule has 0 saturated heterocycles. The topological polar surface area (TPSA) is 29.3 Å². The Morgan fingerprint density at radius 2 is 1.67 bits per heavy atom. The molecule has 2 saturated carbocycles. The van der Waals surface area contributed by atoms with Crippen LogP contribution >= 0.6 is 0 Å². The summed E-state index contributed by atoms with van der Waals surface area (Å²) in [5.74, 6) is 0.859. The van der Waals surface area contributed by atoms with Gasteiger partial charge in [-0.05, 0) is 63.3 Å². The Labute approximate surface area is 113 Å². The van der Waals surface area contributed by atoms with Crippen molar-refractivity contribution >= 4 is 0 Å². The minimum absolute atomic E-state index is 0.404. The molecule has 2 nitrogen and oxygen atoms in total. The van der Waals surface area contributed by atoms with Crippen LogP contribution in [0.4, 0.5) is 0 Å². The molecule has 0 bridgehead atoms. The molecule has 2 fully saturated rings. The van der Waals surface area contributed by atoms with Gasteiger partial charge in [-0.15, -0.1) is 0 Å². The largest absolute Gasteiger partial charge is 0.326 e. The Morgan fingerprint density at radius 1 is 1.06 bits per heavy atom. The minimum atomic E-state index is 0.404. The van der Waals surface area contributed by atoms with Gasteiger partial charge < -0.3 is 5.73 Å². The van der Waals surface area contributed by atoms with Crippen LogP contribution in [-0.2, 0) is 0 Å². The summed E-state index contributed by atoms with van der Waals surface area (Å²) in [7, 11) is 2.32. The average Bonchev–Trinajstić information content (AvgIpc) is 2.31. The molecule has 3 unspecified atom stereocenters. The molecule has 0 aromatic carbocycles. The van der Waals surface area contributed by atoms with E-state index in [0.717, 1.165) is 12.0 Å². The van der Waals surface area contributed by atoms with E-state index in [9.17, 15) is 0 Å². The zero-order chi connectivity index (χ0) is 13.3. The fourth-order valence-electron chi connectivity index (χ4n) is 3.90. The predicted octanol–water partition coefficient (Wildman–Crippen LogP) is 3.40. The summed E-state index contributed by atoms with van der Waals surface area (Å²) in [4.78, 5) is 2.63. The van der Waals surface area contributed by atoms with Gasteiger partial charge in [0.2, 0.25) is 0 Å². The van der Waals surface area contributed by atoms with Gasteiger partial charge in [-0.2, -0.15) is 0 Å². The first-order valence-electron chi connectivity index (χ1n) is 7.86. The van der Waals surface area contributed by atoms with Crippen LogP contribution in [0.1, 0.15) is 65.7 Å². The van der Waals surface area contributed by atoms with Crippen molar-refractivity contribution in [2.24, 2.45) is 17.1 Å². The Bertz CT molecular complexity index is 264. The highest BCUT2D eigenvalue weighted by Crippen LogP contribution is 2.38. The lowest BCUT2D eigenvalue weighted by Gasteiger charge is -2.45. The van der Waals surface area contributed by atoms with Crippen molar-refractivity contribution in [2.45, 2.75) is 83.8 Å². The van der Waals surface area contributed by atoms with Crippen molar-refractivity contribution < 1.29 is 0 Å². The molecule has 2 heteroatoms. The van der Waals surface area contributed by atoms with Crippen LogP contribution in [-0.4, -0.2) is 30.1 Å². The molecule has 3 atom stereocenters. The Hall–Kier alpha value is -0.0800. The van der Waals surface area contributed by atoms with E-state index in [4.69, 9.17) is 5.73 Å². The SMILES string of the molecule is CC1CCC(N)C(N(C)C2CCC(C)(C)CC2)C1. The number of likely N-dealkylation sites (N-methyl/N-ethyl adjacent to an activating group) is 1. The van der Waals surface area contributed by atoms with Crippen LogP contribution in [0.2, 0.25) is 0 Å². The molecule has 2 N–H and O–H groups in total. The smallest absolute Gasteiger partial charge is 0.0249 e. The summed E-state index contributed by atoms with van der Waals surface area (Å²) >= 11 is 0. The summed E-state index contributed by atoms with van der Waals surface area (Å²) in [6, 6.07) is 1.81. The number of hydrogen-bond acceptors (Lipinski definition) is 2. The van der Waals surface area contributed by atoms with Gasteiger partial charge >= 0.3 is 0 Å². The fourth-order valence-corrected chi connectivity index (χ4v) is 3.90. The van der Waals surface area contributed by atoms with E-state index >= 15 is 0 Å². The molecule has 0 spiro atoms. The first kappa shape index (κ1) is 14.3. The van der Waals surface area contributed by atoms with Crippen LogP contribution in [0.5, 0.6) is 0 Å². The minimum Gasteiger partial charge on any atom is -0.326 e. The second-order valence-corrected chi connectivity index (χ2v) is 7.71. The normalized spacial score (nSPS) is 38.0. The molecular formula is C16H32N2. The Balaban J connectivity index is 1.92. The summed E-state index contributed by atoms with van der Waals surface area (Å²) in [6.07, 6.45) is 9.32. The molecule has 2 rings (SSSR count). The third-order valence-corrected chi connectivity index (χ3v) is 5.54. The molecule has 0 aromatic rings. The number of hydrogen-bond donors (Lipinski definition) is 1. The highest BCUT2D eigenvalue weighted by molar-refractivity contribution is 4.92. The van der Waals surface area contributed by atoms with Crippen molar-refractivity contribution in [1.82, 2.24) is 4.90 Å². The van der Waals surface area contributed by atoms with Crippen molar-refractivity contribution in [2.75, 3.05) is 7.05 Å². The van der Waals surface area contributed by atoms with Gasteiger partial charge in [-0.3, -0.25) is 4.90 Å². The molecule has 0 amide bonds. The molecular weight excluding hydrogens is 220 g/mol. The molecule has 0 aromatic heterocycles. The van der Waals surface area contributed by atoms with Gasteiger partial charge in [0.15, 0.2) is 0 Å². The van der Waals surface area contributed by atoms with E-state index in [-0.39, 0.29) is 0 Å².